The second kappa shape index (κ2) is 12.4. The summed E-state index contributed by atoms with van der Waals surface area (Å²) in [5.41, 5.74) is 2.26. The maximum absolute atomic E-state index is 5.71. The molecule has 0 aliphatic heterocycles. The van der Waals surface area contributed by atoms with Gasteiger partial charge in [-0.05, 0) is 49.1 Å². The number of nitrogens with zero attached hydrogens (tertiary/aromatic N) is 3. The first-order chi connectivity index (χ1) is 14.2. The van der Waals surface area contributed by atoms with E-state index < -0.39 is 0 Å². The van der Waals surface area contributed by atoms with Crippen molar-refractivity contribution >= 4 is 23.9 Å². The monoisotopic (exact) mass is 449 g/mol. The summed E-state index contributed by atoms with van der Waals surface area (Å²) in [4.78, 5) is 6.74. The minimum atomic E-state index is 0. The van der Waals surface area contributed by atoms with Crippen LogP contribution >= 0.6 is 23.9 Å². The van der Waals surface area contributed by atoms with Crippen molar-refractivity contribution in [1.29, 1.82) is 0 Å². The first-order valence-corrected chi connectivity index (χ1v) is 10.4. The van der Waals surface area contributed by atoms with Crippen molar-refractivity contribution < 1.29 is 14.2 Å². The molecule has 0 spiro atoms. The highest BCUT2D eigenvalue weighted by atomic mass is 35.5. The van der Waals surface area contributed by atoms with Gasteiger partial charge in [0.1, 0.15) is 16.5 Å². The Balaban J connectivity index is 0.00000320. The molecule has 0 amide bonds. The molecule has 0 bridgehead atoms. The van der Waals surface area contributed by atoms with E-state index in [-0.39, 0.29) is 12.4 Å². The second-order valence-electron chi connectivity index (χ2n) is 6.72. The SMILES string of the molecule is COc1cc(CCN(C)CCCOc2nsc(-c3ccccc3)n2)cc(OC)c1.Cl. The van der Waals surface area contributed by atoms with E-state index in [9.17, 15) is 0 Å². The minimum Gasteiger partial charge on any atom is -0.497 e. The zero-order chi connectivity index (χ0) is 20.5. The van der Waals surface area contributed by atoms with Crippen molar-refractivity contribution in [2.75, 3.05) is 41.0 Å². The van der Waals surface area contributed by atoms with E-state index >= 15 is 0 Å². The first-order valence-electron chi connectivity index (χ1n) is 9.60. The van der Waals surface area contributed by atoms with Crippen LogP contribution in [-0.4, -0.2) is 55.2 Å². The number of likely N-dealkylation sites (N-methyl/N-ethyl adjacent to an activating group) is 1. The molecule has 162 valence electrons. The zero-order valence-electron chi connectivity index (χ0n) is 17.5. The van der Waals surface area contributed by atoms with Crippen molar-refractivity contribution in [3.05, 3.63) is 54.1 Å². The fraction of sp³-hybridized carbons (Fsp3) is 0.364. The molecule has 0 atom stereocenters. The van der Waals surface area contributed by atoms with Crippen molar-refractivity contribution in [3.8, 4) is 28.1 Å². The number of halogens is 1. The number of benzene rings is 2. The molecule has 0 N–H and O–H groups in total. The van der Waals surface area contributed by atoms with Crippen LogP contribution in [0, 0.1) is 0 Å². The van der Waals surface area contributed by atoms with Gasteiger partial charge >= 0.3 is 6.01 Å². The summed E-state index contributed by atoms with van der Waals surface area (Å²) in [5, 5.41) is 0.881. The van der Waals surface area contributed by atoms with E-state index in [2.05, 4.69) is 33.4 Å². The normalized spacial score (nSPS) is 10.5. The van der Waals surface area contributed by atoms with Crippen LogP contribution in [0.3, 0.4) is 0 Å². The van der Waals surface area contributed by atoms with Gasteiger partial charge in [-0.15, -0.1) is 16.8 Å². The van der Waals surface area contributed by atoms with E-state index in [4.69, 9.17) is 14.2 Å². The van der Waals surface area contributed by atoms with Crippen LogP contribution in [0.5, 0.6) is 17.5 Å². The number of methoxy groups -OCH3 is 2. The molecule has 3 rings (SSSR count). The Morgan fingerprint density at radius 3 is 2.33 bits per heavy atom. The average molecular weight is 450 g/mol. The van der Waals surface area contributed by atoms with Crippen molar-refractivity contribution in [2.24, 2.45) is 0 Å². The molecule has 8 heteroatoms. The first kappa shape index (κ1) is 23.9. The predicted octanol–water partition coefficient (Wildman–Crippen LogP) is 4.59. The lowest BCUT2D eigenvalue weighted by Gasteiger charge is -2.17. The molecular weight excluding hydrogens is 422 g/mol. The Morgan fingerprint density at radius 2 is 1.67 bits per heavy atom. The second-order valence-corrected chi connectivity index (χ2v) is 7.48. The van der Waals surface area contributed by atoms with Crippen LogP contribution < -0.4 is 14.2 Å². The van der Waals surface area contributed by atoms with Crippen LogP contribution in [0.2, 0.25) is 0 Å². The van der Waals surface area contributed by atoms with Gasteiger partial charge in [0.2, 0.25) is 0 Å². The summed E-state index contributed by atoms with van der Waals surface area (Å²) in [6, 6.07) is 16.5. The fourth-order valence-corrected chi connectivity index (χ4v) is 3.53. The Hall–Kier alpha value is -2.35. The van der Waals surface area contributed by atoms with Crippen LogP contribution in [0.25, 0.3) is 10.6 Å². The lowest BCUT2D eigenvalue weighted by atomic mass is 10.1. The van der Waals surface area contributed by atoms with Gasteiger partial charge in [0, 0.05) is 24.7 Å². The third kappa shape index (κ3) is 7.16. The topological polar surface area (TPSA) is 56.7 Å². The Kier molecular flexibility index (Phi) is 9.86. The van der Waals surface area contributed by atoms with E-state index in [1.54, 1.807) is 14.2 Å². The van der Waals surface area contributed by atoms with Gasteiger partial charge < -0.3 is 19.1 Å². The molecule has 2 aromatic carbocycles. The molecule has 0 saturated heterocycles. The Labute approximate surface area is 188 Å². The number of rotatable bonds is 11. The maximum Gasteiger partial charge on any atom is 0.328 e. The number of ether oxygens (including phenoxy) is 3. The van der Waals surface area contributed by atoms with Gasteiger partial charge in [-0.1, -0.05) is 30.3 Å². The summed E-state index contributed by atoms with van der Waals surface area (Å²) in [6.45, 7) is 2.49. The highest BCUT2D eigenvalue weighted by Gasteiger charge is 2.08. The van der Waals surface area contributed by atoms with E-state index in [0.29, 0.717) is 12.6 Å². The summed E-state index contributed by atoms with van der Waals surface area (Å²) < 4.78 is 20.7. The highest BCUT2D eigenvalue weighted by molar-refractivity contribution is 7.09. The third-order valence-electron chi connectivity index (χ3n) is 4.54. The van der Waals surface area contributed by atoms with Crippen LogP contribution in [0.15, 0.2) is 48.5 Å². The van der Waals surface area contributed by atoms with Gasteiger partial charge in [0.25, 0.3) is 0 Å². The van der Waals surface area contributed by atoms with Crippen molar-refractivity contribution in [3.63, 3.8) is 0 Å². The number of aromatic nitrogens is 2. The fourth-order valence-electron chi connectivity index (χ4n) is 2.91. The molecular formula is C22H28ClN3O3S. The molecule has 1 aromatic heterocycles. The molecule has 1 heterocycles. The standard InChI is InChI=1S/C22H27N3O3S.ClH/c1-25(12-10-17-14-19(26-2)16-20(15-17)27-3)11-7-13-28-22-23-21(29-24-22)18-8-5-4-6-9-18;/h4-6,8-9,14-16H,7,10-13H2,1-3H3;1H. The lowest BCUT2D eigenvalue weighted by molar-refractivity contribution is 0.253. The lowest BCUT2D eigenvalue weighted by Crippen LogP contribution is -2.23. The molecule has 0 aliphatic carbocycles. The largest absolute Gasteiger partial charge is 0.497 e. The van der Waals surface area contributed by atoms with E-state index in [0.717, 1.165) is 48.0 Å². The van der Waals surface area contributed by atoms with Crippen molar-refractivity contribution in [2.45, 2.75) is 12.8 Å². The molecule has 0 unspecified atom stereocenters. The molecule has 0 saturated carbocycles. The summed E-state index contributed by atoms with van der Waals surface area (Å²) in [5.74, 6) is 1.64. The molecule has 6 nitrogen and oxygen atoms in total. The smallest absolute Gasteiger partial charge is 0.328 e. The van der Waals surface area contributed by atoms with Gasteiger partial charge in [-0.25, -0.2) is 0 Å². The summed E-state index contributed by atoms with van der Waals surface area (Å²) in [7, 11) is 5.46. The van der Waals surface area contributed by atoms with Crippen LogP contribution in [0.1, 0.15) is 12.0 Å². The molecule has 0 fully saturated rings. The Morgan fingerprint density at radius 1 is 0.967 bits per heavy atom. The van der Waals surface area contributed by atoms with E-state index in [1.165, 1.54) is 17.1 Å². The molecule has 0 aliphatic rings. The zero-order valence-corrected chi connectivity index (χ0v) is 19.2. The average Bonchev–Trinajstić information content (AvgIpc) is 3.24. The van der Waals surface area contributed by atoms with Crippen LogP contribution in [0.4, 0.5) is 0 Å². The van der Waals surface area contributed by atoms with E-state index in [1.807, 2.05) is 36.4 Å². The molecule has 0 radical (unpaired) electrons. The quantitative estimate of drug-likeness (QED) is 0.399. The van der Waals surface area contributed by atoms with Gasteiger partial charge in [-0.2, -0.15) is 4.98 Å². The molecule has 30 heavy (non-hydrogen) atoms. The van der Waals surface area contributed by atoms with Gasteiger partial charge in [0.05, 0.1) is 20.8 Å². The van der Waals surface area contributed by atoms with Gasteiger partial charge in [0.15, 0.2) is 0 Å². The number of hydrogen-bond donors (Lipinski definition) is 0. The number of hydrogen-bond acceptors (Lipinski definition) is 7. The molecule has 3 aromatic rings. The highest BCUT2D eigenvalue weighted by Crippen LogP contribution is 2.24. The maximum atomic E-state index is 5.71. The summed E-state index contributed by atoms with van der Waals surface area (Å²) in [6.07, 6.45) is 1.84. The Bertz CT molecular complexity index is 870. The predicted molar refractivity (Wildman–Crippen MR) is 123 cm³/mol. The third-order valence-corrected chi connectivity index (χ3v) is 5.28. The van der Waals surface area contributed by atoms with Gasteiger partial charge in [-0.3, -0.25) is 0 Å². The van der Waals surface area contributed by atoms with Crippen molar-refractivity contribution in [1.82, 2.24) is 14.3 Å². The van der Waals surface area contributed by atoms with Crippen LogP contribution in [-0.2, 0) is 6.42 Å². The summed E-state index contributed by atoms with van der Waals surface area (Å²) >= 11 is 1.36. The minimum absolute atomic E-state index is 0.